The average Bonchev–Trinajstić information content (AvgIpc) is 2.51. The first-order chi connectivity index (χ1) is 8.75. The minimum atomic E-state index is -0.761. The topological polar surface area (TPSA) is 62.3 Å². The second-order valence-electron chi connectivity index (χ2n) is 6.13. The summed E-state index contributed by atoms with van der Waals surface area (Å²) in [6.07, 6.45) is 3.59. The fraction of sp³-hybridized carbons (Fsp3) is 0.571. The van der Waals surface area contributed by atoms with Crippen LogP contribution in [0.15, 0.2) is 24.5 Å². The van der Waals surface area contributed by atoms with E-state index in [2.05, 4.69) is 4.98 Å². The summed E-state index contributed by atoms with van der Waals surface area (Å²) in [5, 5.41) is 13.2. The zero-order valence-corrected chi connectivity index (χ0v) is 11.7. The lowest BCUT2D eigenvalue weighted by Gasteiger charge is -2.32. The van der Waals surface area contributed by atoms with Crippen LogP contribution in [0.3, 0.4) is 0 Å². The zero-order chi connectivity index (χ0) is 14.3. The van der Waals surface area contributed by atoms with Crippen LogP contribution in [-0.4, -0.2) is 27.1 Å². The lowest BCUT2D eigenvalue weighted by Crippen LogP contribution is -2.47. The third-order valence-electron chi connectivity index (χ3n) is 3.77. The Hall–Kier alpha value is -1.46. The van der Waals surface area contributed by atoms with Gasteiger partial charge in [0, 0.05) is 11.7 Å². The van der Waals surface area contributed by atoms with Crippen molar-refractivity contribution in [2.24, 2.45) is 5.92 Å². The molecule has 1 aromatic rings. The summed E-state index contributed by atoms with van der Waals surface area (Å²) in [5.41, 5.74) is -1.31. The van der Waals surface area contributed by atoms with Crippen molar-refractivity contribution in [2.45, 2.75) is 45.2 Å². The molecular formula is C14H19N2O3. The molecule has 0 N–H and O–H groups in total. The fourth-order valence-electron chi connectivity index (χ4n) is 2.72. The number of rotatable bonds is 2. The first kappa shape index (κ1) is 14.0. The number of carbonyl (C=O) groups is 1. The Morgan fingerprint density at radius 2 is 2.11 bits per heavy atom. The van der Waals surface area contributed by atoms with Crippen molar-refractivity contribution < 1.29 is 14.7 Å². The molecule has 2 rings (SSSR count). The van der Waals surface area contributed by atoms with E-state index in [-0.39, 0.29) is 5.97 Å². The summed E-state index contributed by atoms with van der Waals surface area (Å²) in [7, 11) is 0. The van der Waals surface area contributed by atoms with E-state index < -0.39 is 17.0 Å². The molecule has 1 fully saturated rings. The highest BCUT2D eigenvalue weighted by Crippen LogP contribution is 2.44. The van der Waals surface area contributed by atoms with Crippen LogP contribution in [0.5, 0.6) is 5.75 Å². The number of aromatic nitrogens is 1. The number of pyridine rings is 1. The molecular weight excluding hydrogens is 244 g/mol. The van der Waals surface area contributed by atoms with Gasteiger partial charge in [0.1, 0.15) is 5.75 Å². The molecule has 0 saturated carbocycles. The number of hydroxylamine groups is 2. The van der Waals surface area contributed by atoms with E-state index in [9.17, 15) is 10.0 Å². The summed E-state index contributed by atoms with van der Waals surface area (Å²) in [6, 6.07) is 3.37. The molecule has 0 aliphatic carbocycles. The van der Waals surface area contributed by atoms with Crippen LogP contribution >= 0.6 is 0 Å². The van der Waals surface area contributed by atoms with Gasteiger partial charge in [-0.05, 0) is 46.2 Å². The van der Waals surface area contributed by atoms with Crippen molar-refractivity contribution in [1.82, 2.24) is 10.0 Å². The molecule has 1 aromatic heterocycles. The van der Waals surface area contributed by atoms with Crippen LogP contribution in [-0.2, 0) is 10.0 Å². The smallest absolute Gasteiger partial charge is 0.316 e. The highest BCUT2D eigenvalue weighted by Gasteiger charge is 2.55. The van der Waals surface area contributed by atoms with Gasteiger partial charge in [-0.2, -0.15) is 0 Å². The van der Waals surface area contributed by atoms with Gasteiger partial charge in [-0.1, -0.05) is 0 Å². The Morgan fingerprint density at radius 1 is 1.42 bits per heavy atom. The van der Waals surface area contributed by atoms with Crippen molar-refractivity contribution in [2.75, 3.05) is 0 Å². The number of carbonyl (C=O) groups excluding carboxylic acids is 1. The monoisotopic (exact) mass is 263 g/mol. The summed E-state index contributed by atoms with van der Waals surface area (Å²) in [6.45, 7) is 7.26. The molecule has 5 nitrogen and oxygen atoms in total. The maximum absolute atomic E-state index is 12.2. The molecule has 1 saturated heterocycles. The molecule has 0 bridgehead atoms. The first-order valence-electron chi connectivity index (χ1n) is 6.34. The van der Waals surface area contributed by atoms with Crippen LogP contribution < -0.4 is 4.74 Å². The minimum absolute atomic E-state index is 0.371. The molecule has 0 amide bonds. The largest absolute Gasteiger partial charge is 0.425 e. The summed E-state index contributed by atoms with van der Waals surface area (Å²) in [5.74, 6) is -0.407. The minimum Gasteiger partial charge on any atom is -0.425 e. The highest BCUT2D eigenvalue weighted by molar-refractivity contribution is 5.77. The van der Waals surface area contributed by atoms with Crippen molar-refractivity contribution >= 4 is 5.97 Å². The van der Waals surface area contributed by atoms with E-state index >= 15 is 0 Å². The molecule has 19 heavy (non-hydrogen) atoms. The highest BCUT2D eigenvalue weighted by atomic mass is 16.5. The lowest BCUT2D eigenvalue weighted by molar-refractivity contribution is -0.248. The van der Waals surface area contributed by atoms with Crippen molar-refractivity contribution in [3.05, 3.63) is 24.5 Å². The Balaban J connectivity index is 2.16. The molecule has 1 aliphatic heterocycles. The molecule has 103 valence electrons. The Labute approximate surface area is 113 Å². The van der Waals surface area contributed by atoms with E-state index in [1.54, 1.807) is 32.2 Å². The third kappa shape index (κ3) is 2.48. The average molecular weight is 263 g/mol. The van der Waals surface area contributed by atoms with Gasteiger partial charge in [0.05, 0.1) is 17.7 Å². The molecule has 1 atom stereocenters. The molecule has 0 aromatic carbocycles. The molecule has 1 unspecified atom stereocenters. The zero-order valence-electron chi connectivity index (χ0n) is 11.7. The molecule has 5 heteroatoms. The molecule has 0 spiro atoms. The number of nitrogens with zero attached hydrogens (tertiary/aromatic N) is 2. The summed E-state index contributed by atoms with van der Waals surface area (Å²) < 4.78 is 5.31. The van der Waals surface area contributed by atoms with E-state index in [1.165, 1.54) is 6.20 Å². The van der Waals surface area contributed by atoms with E-state index in [4.69, 9.17) is 4.74 Å². The molecule has 1 radical (unpaired) electrons. The van der Waals surface area contributed by atoms with Gasteiger partial charge in [-0.3, -0.25) is 9.78 Å². The van der Waals surface area contributed by atoms with Crippen LogP contribution in [0.1, 0.15) is 34.1 Å². The van der Waals surface area contributed by atoms with Gasteiger partial charge in [-0.15, -0.1) is 10.3 Å². The van der Waals surface area contributed by atoms with Gasteiger partial charge in [-0.25, -0.2) is 0 Å². The van der Waals surface area contributed by atoms with Gasteiger partial charge in [0.25, 0.3) is 0 Å². The predicted molar refractivity (Wildman–Crippen MR) is 68.7 cm³/mol. The Bertz CT molecular complexity index is 471. The lowest BCUT2D eigenvalue weighted by atomic mass is 9.87. The number of hydrogen-bond acceptors (Lipinski definition) is 4. The van der Waals surface area contributed by atoms with Crippen LogP contribution in [0.4, 0.5) is 0 Å². The van der Waals surface area contributed by atoms with Crippen molar-refractivity contribution in [1.29, 1.82) is 0 Å². The predicted octanol–water partition coefficient (Wildman–Crippen LogP) is 2.21. The quantitative estimate of drug-likeness (QED) is 0.767. The van der Waals surface area contributed by atoms with Gasteiger partial charge in [0.15, 0.2) is 0 Å². The van der Waals surface area contributed by atoms with Gasteiger partial charge < -0.3 is 4.74 Å². The fourth-order valence-corrected chi connectivity index (χ4v) is 2.72. The van der Waals surface area contributed by atoms with Crippen LogP contribution in [0.25, 0.3) is 0 Å². The van der Waals surface area contributed by atoms with E-state index in [0.717, 1.165) is 5.06 Å². The number of hydrogen-bond donors (Lipinski definition) is 0. The normalized spacial score (nSPS) is 25.2. The molecule has 1 aliphatic rings. The SMILES string of the molecule is CC1(C)CC(C(=O)Oc2cccnc2)C(C)(C)N1[O]. The van der Waals surface area contributed by atoms with Crippen molar-refractivity contribution in [3.8, 4) is 5.75 Å². The van der Waals surface area contributed by atoms with E-state index in [1.807, 2.05) is 13.8 Å². The summed E-state index contributed by atoms with van der Waals surface area (Å²) >= 11 is 0. The van der Waals surface area contributed by atoms with Crippen LogP contribution in [0, 0.1) is 5.92 Å². The van der Waals surface area contributed by atoms with Crippen LogP contribution in [0.2, 0.25) is 0 Å². The Morgan fingerprint density at radius 3 is 2.58 bits per heavy atom. The molecule has 2 heterocycles. The summed E-state index contributed by atoms with van der Waals surface area (Å²) in [4.78, 5) is 16.1. The third-order valence-corrected chi connectivity index (χ3v) is 3.77. The number of esters is 1. The second kappa shape index (κ2) is 4.58. The second-order valence-corrected chi connectivity index (χ2v) is 6.13. The van der Waals surface area contributed by atoms with Gasteiger partial charge >= 0.3 is 5.97 Å². The number of ether oxygens (including phenoxy) is 1. The maximum Gasteiger partial charge on any atom is 0.316 e. The van der Waals surface area contributed by atoms with Crippen molar-refractivity contribution in [3.63, 3.8) is 0 Å². The van der Waals surface area contributed by atoms with E-state index in [0.29, 0.717) is 12.2 Å². The Kier molecular flexibility index (Phi) is 3.36. The van der Waals surface area contributed by atoms with Gasteiger partial charge in [0.2, 0.25) is 0 Å². The maximum atomic E-state index is 12.2. The standard InChI is InChI=1S/C14H19N2O3/c1-13(2)8-11(14(3,4)16(13)18)12(17)19-10-6-5-7-15-9-10/h5-7,9,11H,8H2,1-4H3. The first-order valence-corrected chi connectivity index (χ1v) is 6.34.